The topological polar surface area (TPSA) is 67.4 Å². The molecule has 0 saturated carbocycles. The molecule has 0 atom stereocenters. The molecule has 2 aromatic rings. The van der Waals surface area contributed by atoms with Crippen LogP contribution in [-0.4, -0.2) is 70.0 Å². The molecular weight excluding hydrogens is 527 g/mol. The van der Waals surface area contributed by atoms with Gasteiger partial charge in [-0.25, -0.2) is 0 Å². The van der Waals surface area contributed by atoms with Gasteiger partial charge in [0.25, 0.3) is 0 Å². The van der Waals surface area contributed by atoms with Crippen LogP contribution in [0.3, 0.4) is 0 Å². The number of thiophene rings is 1. The number of hydrogen-bond donors (Lipinski definition) is 2. The standard InChI is InChI=1S/C22H30N4O3S.HI/c1-3-19(30-16-1)6-7-23-22(24-8-9-26-10-14-27-15-11-26)25-18-4-5-20-21(17-18)29-13-2-12-28-20;/h1,3-5,16-17H,2,6-15H2,(H2,23,24,25);1H. The number of hydrogen-bond acceptors (Lipinski definition) is 6. The Morgan fingerprint density at radius 1 is 1.06 bits per heavy atom. The van der Waals surface area contributed by atoms with E-state index >= 15 is 0 Å². The van der Waals surface area contributed by atoms with E-state index in [9.17, 15) is 0 Å². The summed E-state index contributed by atoms with van der Waals surface area (Å²) in [6, 6.07) is 10.2. The van der Waals surface area contributed by atoms with Crippen molar-refractivity contribution in [1.82, 2.24) is 10.2 Å². The van der Waals surface area contributed by atoms with Gasteiger partial charge in [0.1, 0.15) is 0 Å². The second-order valence-corrected chi connectivity index (χ2v) is 8.31. The molecule has 1 aromatic heterocycles. The van der Waals surface area contributed by atoms with Gasteiger partial charge in [0.15, 0.2) is 17.5 Å². The van der Waals surface area contributed by atoms with Crippen LogP contribution >= 0.6 is 35.3 Å². The van der Waals surface area contributed by atoms with E-state index in [4.69, 9.17) is 19.2 Å². The molecule has 2 aliphatic rings. The van der Waals surface area contributed by atoms with E-state index in [0.29, 0.717) is 13.2 Å². The molecule has 2 aliphatic heterocycles. The molecule has 0 radical (unpaired) electrons. The first-order chi connectivity index (χ1) is 14.9. The Hall–Kier alpha value is -1.56. The van der Waals surface area contributed by atoms with Gasteiger partial charge in [0.2, 0.25) is 0 Å². The molecule has 0 spiro atoms. The lowest BCUT2D eigenvalue weighted by atomic mass is 10.2. The molecule has 9 heteroatoms. The summed E-state index contributed by atoms with van der Waals surface area (Å²) in [5.74, 6) is 2.37. The van der Waals surface area contributed by atoms with Crippen LogP contribution in [0.25, 0.3) is 0 Å². The number of fused-ring (bicyclic) bond motifs is 1. The van der Waals surface area contributed by atoms with Crippen LogP contribution < -0.4 is 20.1 Å². The predicted molar refractivity (Wildman–Crippen MR) is 137 cm³/mol. The molecule has 7 nitrogen and oxygen atoms in total. The van der Waals surface area contributed by atoms with Crippen molar-refractivity contribution in [2.24, 2.45) is 4.99 Å². The molecule has 1 fully saturated rings. The number of halogens is 1. The van der Waals surface area contributed by atoms with Gasteiger partial charge >= 0.3 is 0 Å². The van der Waals surface area contributed by atoms with Gasteiger partial charge in [-0.15, -0.1) is 35.3 Å². The van der Waals surface area contributed by atoms with E-state index in [0.717, 1.165) is 81.9 Å². The highest BCUT2D eigenvalue weighted by atomic mass is 127. The third-order valence-electron chi connectivity index (χ3n) is 5.04. The highest BCUT2D eigenvalue weighted by Gasteiger charge is 2.12. The van der Waals surface area contributed by atoms with E-state index in [-0.39, 0.29) is 24.0 Å². The van der Waals surface area contributed by atoms with Crippen molar-refractivity contribution in [1.29, 1.82) is 0 Å². The average molecular weight is 558 g/mol. The first kappa shape index (κ1) is 24.1. The fourth-order valence-electron chi connectivity index (χ4n) is 3.40. The molecule has 0 bridgehead atoms. The van der Waals surface area contributed by atoms with E-state index in [2.05, 4.69) is 33.0 Å². The van der Waals surface area contributed by atoms with Crippen molar-refractivity contribution in [3.63, 3.8) is 0 Å². The molecule has 4 rings (SSSR count). The Balaban J connectivity index is 0.00000272. The van der Waals surface area contributed by atoms with Crippen molar-refractivity contribution in [3.05, 3.63) is 40.6 Å². The fourth-order valence-corrected chi connectivity index (χ4v) is 4.11. The van der Waals surface area contributed by atoms with Gasteiger partial charge in [0, 0.05) is 49.2 Å². The highest BCUT2D eigenvalue weighted by molar-refractivity contribution is 14.0. The summed E-state index contributed by atoms with van der Waals surface area (Å²) in [6.07, 6.45) is 1.87. The Kier molecular flexibility index (Phi) is 10.2. The van der Waals surface area contributed by atoms with Gasteiger partial charge in [0.05, 0.1) is 33.0 Å². The zero-order chi connectivity index (χ0) is 20.4. The predicted octanol–water partition coefficient (Wildman–Crippen LogP) is 3.46. The number of morpholine rings is 1. The van der Waals surface area contributed by atoms with Crippen molar-refractivity contribution in [2.45, 2.75) is 12.8 Å². The summed E-state index contributed by atoms with van der Waals surface area (Å²) in [6.45, 7) is 7.44. The maximum Gasteiger partial charge on any atom is 0.195 e. The molecule has 31 heavy (non-hydrogen) atoms. The average Bonchev–Trinajstić information content (AvgIpc) is 3.18. The Morgan fingerprint density at radius 3 is 2.71 bits per heavy atom. The van der Waals surface area contributed by atoms with Crippen LogP contribution in [-0.2, 0) is 11.2 Å². The summed E-state index contributed by atoms with van der Waals surface area (Å²) < 4.78 is 17.0. The molecule has 1 aromatic carbocycles. The molecular formula is C22H31IN4O3S. The molecule has 0 amide bonds. The van der Waals surface area contributed by atoms with Crippen molar-refractivity contribution < 1.29 is 14.2 Å². The normalized spacial score (nSPS) is 16.8. The minimum Gasteiger partial charge on any atom is -0.490 e. The summed E-state index contributed by atoms with van der Waals surface area (Å²) in [4.78, 5) is 8.56. The number of aliphatic imine (C=N–C) groups is 1. The number of ether oxygens (including phenoxy) is 3. The third kappa shape index (κ3) is 7.81. The van der Waals surface area contributed by atoms with Crippen LogP contribution in [0.2, 0.25) is 0 Å². The van der Waals surface area contributed by atoms with Crippen LogP contribution in [0.4, 0.5) is 5.69 Å². The second-order valence-electron chi connectivity index (χ2n) is 7.28. The monoisotopic (exact) mass is 558 g/mol. The van der Waals surface area contributed by atoms with Gasteiger partial charge in [-0.2, -0.15) is 0 Å². The second kappa shape index (κ2) is 13.1. The van der Waals surface area contributed by atoms with Crippen molar-refractivity contribution in [3.8, 4) is 11.5 Å². The highest BCUT2D eigenvalue weighted by Crippen LogP contribution is 2.32. The van der Waals surface area contributed by atoms with Crippen LogP contribution in [0.15, 0.2) is 40.7 Å². The minimum absolute atomic E-state index is 0. The first-order valence-electron chi connectivity index (χ1n) is 10.6. The van der Waals surface area contributed by atoms with E-state index in [1.165, 1.54) is 4.88 Å². The quantitative estimate of drug-likeness (QED) is 0.309. The van der Waals surface area contributed by atoms with Crippen LogP contribution in [0, 0.1) is 0 Å². The SMILES string of the molecule is I.c1csc(CCNC(=NCCN2CCOCC2)Nc2ccc3c(c2)OCCCO3)c1. The van der Waals surface area contributed by atoms with Gasteiger partial charge in [-0.3, -0.25) is 9.89 Å². The third-order valence-corrected chi connectivity index (χ3v) is 5.98. The van der Waals surface area contributed by atoms with E-state index < -0.39 is 0 Å². The van der Waals surface area contributed by atoms with Crippen molar-refractivity contribution in [2.75, 3.05) is 64.5 Å². The summed E-state index contributed by atoms with van der Waals surface area (Å²) in [5.41, 5.74) is 0.938. The van der Waals surface area contributed by atoms with Gasteiger partial charge in [-0.05, 0) is 30.0 Å². The number of nitrogens with one attached hydrogen (secondary N) is 2. The molecule has 1 saturated heterocycles. The first-order valence-corrected chi connectivity index (χ1v) is 11.5. The minimum atomic E-state index is 0. The number of nitrogens with zero attached hydrogens (tertiary/aromatic N) is 2. The van der Waals surface area contributed by atoms with Gasteiger partial charge < -0.3 is 24.8 Å². The van der Waals surface area contributed by atoms with Crippen LogP contribution in [0.1, 0.15) is 11.3 Å². The lowest BCUT2D eigenvalue weighted by Crippen LogP contribution is -2.38. The lowest BCUT2D eigenvalue weighted by Gasteiger charge is -2.25. The Morgan fingerprint density at radius 2 is 1.90 bits per heavy atom. The lowest BCUT2D eigenvalue weighted by molar-refractivity contribution is 0.0394. The fraction of sp³-hybridized carbons (Fsp3) is 0.500. The molecule has 3 heterocycles. The van der Waals surface area contributed by atoms with E-state index in [1.807, 2.05) is 18.2 Å². The zero-order valence-corrected chi connectivity index (χ0v) is 20.8. The summed E-state index contributed by atoms with van der Waals surface area (Å²) in [7, 11) is 0. The Labute approximate surface area is 205 Å². The molecule has 0 unspecified atom stereocenters. The van der Waals surface area contributed by atoms with Crippen LogP contribution in [0.5, 0.6) is 11.5 Å². The summed E-state index contributed by atoms with van der Waals surface area (Å²) >= 11 is 1.78. The Bertz CT molecular complexity index is 813. The zero-order valence-electron chi connectivity index (χ0n) is 17.7. The number of guanidine groups is 1. The molecule has 170 valence electrons. The molecule has 2 N–H and O–H groups in total. The van der Waals surface area contributed by atoms with Gasteiger partial charge in [-0.1, -0.05) is 6.07 Å². The summed E-state index contributed by atoms with van der Waals surface area (Å²) in [5, 5.41) is 9.01. The maximum absolute atomic E-state index is 5.82. The maximum atomic E-state index is 5.82. The largest absolute Gasteiger partial charge is 0.490 e. The van der Waals surface area contributed by atoms with E-state index in [1.54, 1.807) is 11.3 Å². The smallest absolute Gasteiger partial charge is 0.195 e. The number of benzene rings is 1. The number of rotatable bonds is 7. The van der Waals surface area contributed by atoms with Crippen molar-refractivity contribution >= 4 is 47.0 Å². The number of anilines is 1. The molecule has 0 aliphatic carbocycles.